The number of hydrogen-bond donors (Lipinski definition) is 1. The normalized spacial score (nSPS) is 14.6. The highest BCUT2D eigenvalue weighted by atomic mass is 32.1. The molecule has 8 nitrogen and oxygen atoms in total. The minimum atomic E-state index is -0.404. The lowest BCUT2D eigenvalue weighted by Crippen LogP contribution is -2.33. The molecule has 1 atom stereocenters. The van der Waals surface area contributed by atoms with Crippen molar-refractivity contribution in [1.82, 2.24) is 14.6 Å². The molecule has 1 aliphatic rings. The Hall–Kier alpha value is -3.46. The second-order valence-electron chi connectivity index (χ2n) is 7.32. The molecule has 0 spiro atoms. The molecule has 9 heteroatoms. The highest BCUT2D eigenvalue weighted by molar-refractivity contribution is 7.17. The Balaban J connectivity index is 1.69. The topological polar surface area (TPSA) is 96.8 Å². The maximum Gasteiger partial charge on any atom is 0.269 e. The lowest BCUT2D eigenvalue weighted by molar-refractivity contribution is -0.384. The lowest BCUT2D eigenvalue weighted by Gasteiger charge is -2.37. The molecule has 1 unspecified atom stereocenters. The zero-order valence-corrected chi connectivity index (χ0v) is 17.0. The first-order chi connectivity index (χ1) is 14.5. The fourth-order valence-corrected chi connectivity index (χ4v) is 5.25. The van der Waals surface area contributed by atoms with Crippen LogP contribution in [0.5, 0.6) is 5.88 Å². The van der Waals surface area contributed by atoms with E-state index < -0.39 is 4.92 Å². The number of aryl methyl sites for hydroxylation is 2. The summed E-state index contributed by atoms with van der Waals surface area (Å²) in [5.41, 5.74) is 3.28. The number of nitrogens with zero attached hydrogens (tertiary/aromatic N) is 5. The average molecular weight is 421 g/mol. The van der Waals surface area contributed by atoms with Crippen LogP contribution in [0.4, 0.5) is 11.4 Å². The van der Waals surface area contributed by atoms with Gasteiger partial charge in [-0.25, -0.2) is 4.98 Å². The monoisotopic (exact) mass is 421 g/mol. The molecule has 2 aromatic heterocycles. The van der Waals surface area contributed by atoms with Crippen LogP contribution in [0, 0.1) is 17.0 Å². The van der Waals surface area contributed by atoms with E-state index >= 15 is 0 Å². The van der Waals surface area contributed by atoms with E-state index in [2.05, 4.69) is 27.1 Å². The second-order valence-corrected chi connectivity index (χ2v) is 8.33. The van der Waals surface area contributed by atoms with E-state index in [1.165, 1.54) is 33.5 Å². The minimum Gasteiger partial charge on any atom is -0.492 e. The summed E-state index contributed by atoms with van der Waals surface area (Å²) in [7, 11) is 0. The molecular weight excluding hydrogens is 402 g/mol. The first-order valence-corrected chi connectivity index (χ1v) is 10.5. The first kappa shape index (κ1) is 18.6. The van der Waals surface area contributed by atoms with Gasteiger partial charge in [-0.05, 0) is 49.1 Å². The van der Waals surface area contributed by atoms with Gasteiger partial charge in [0.2, 0.25) is 10.8 Å². The number of aromatic hydroxyl groups is 1. The quantitative estimate of drug-likeness (QED) is 0.391. The predicted octanol–water partition coefficient (Wildman–Crippen LogP) is 4.26. The summed E-state index contributed by atoms with van der Waals surface area (Å²) in [5.74, 6) is 0.653. The third-order valence-corrected chi connectivity index (χ3v) is 6.50. The van der Waals surface area contributed by atoms with Crippen LogP contribution in [0.15, 0.2) is 48.5 Å². The van der Waals surface area contributed by atoms with Crippen LogP contribution in [0.1, 0.15) is 34.3 Å². The van der Waals surface area contributed by atoms with Crippen LogP contribution in [0.3, 0.4) is 0 Å². The number of non-ortho nitro benzene ring substituents is 1. The fraction of sp³-hybridized carbons (Fsp3) is 0.238. The van der Waals surface area contributed by atoms with Crippen LogP contribution in [0.2, 0.25) is 0 Å². The molecule has 0 amide bonds. The van der Waals surface area contributed by atoms with Gasteiger partial charge in [-0.1, -0.05) is 29.5 Å². The van der Waals surface area contributed by atoms with Gasteiger partial charge in [0, 0.05) is 24.4 Å². The molecule has 3 heterocycles. The van der Waals surface area contributed by atoms with Gasteiger partial charge < -0.3 is 10.0 Å². The second kappa shape index (κ2) is 7.10. The number of anilines is 1. The third kappa shape index (κ3) is 2.98. The van der Waals surface area contributed by atoms with Crippen LogP contribution in [0.25, 0.3) is 4.96 Å². The van der Waals surface area contributed by atoms with Crippen molar-refractivity contribution in [3.8, 4) is 5.88 Å². The zero-order chi connectivity index (χ0) is 20.8. The molecule has 0 saturated carbocycles. The van der Waals surface area contributed by atoms with Crippen LogP contribution in [-0.2, 0) is 6.42 Å². The fourth-order valence-electron chi connectivity index (χ4n) is 4.11. The van der Waals surface area contributed by atoms with Crippen LogP contribution < -0.4 is 4.90 Å². The highest BCUT2D eigenvalue weighted by Crippen LogP contribution is 2.44. The smallest absolute Gasteiger partial charge is 0.269 e. The number of aromatic nitrogens is 3. The molecule has 2 aromatic carbocycles. The van der Waals surface area contributed by atoms with Gasteiger partial charge in [-0.2, -0.15) is 4.52 Å². The Bertz CT molecular complexity index is 1250. The van der Waals surface area contributed by atoms with Gasteiger partial charge in [0.1, 0.15) is 5.82 Å². The maximum atomic E-state index is 11.1. The van der Waals surface area contributed by atoms with Crippen molar-refractivity contribution >= 4 is 27.7 Å². The summed E-state index contributed by atoms with van der Waals surface area (Å²) in [6.45, 7) is 2.60. The van der Waals surface area contributed by atoms with Crippen molar-refractivity contribution in [2.24, 2.45) is 0 Å². The minimum absolute atomic E-state index is 0.0408. The predicted molar refractivity (Wildman–Crippen MR) is 114 cm³/mol. The molecule has 0 saturated heterocycles. The molecule has 0 radical (unpaired) electrons. The van der Waals surface area contributed by atoms with Gasteiger partial charge in [0.05, 0.1) is 15.8 Å². The average Bonchev–Trinajstić information content (AvgIpc) is 3.26. The number of benzene rings is 2. The number of nitro groups is 1. The summed E-state index contributed by atoms with van der Waals surface area (Å²) in [5, 5.41) is 26.4. The molecule has 0 bridgehead atoms. The van der Waals surface area contributed by atoms with Gasteiger partial charge >= 0.3 is 0 Å². The zero-order valence-electron chi connectivity index (χ0n) is 16.2. The number of thiazole rings is 1. The Morgan fingerprint density at radius 1 is 1.20 bits per heavy atom. The lowest BCUT2D eigenvalue weighted by atomic mass is 9.96. The molecule has 0 fully saturated rings. The molecule has 5 rings (SSSR count). The van der Waals surface area contributed by atoms with Crippen molar-refractivity contribution in [3.05, 3.63) is 80.5 Å². The van der Waals surface area contributed by atoms with E-state index in [-0.39, 0.29) is 17.6 Å². The number of fused-ring (bicyclic) bond motifs is 2. The molecule has 4 aromatic rings. The molecule has 1 N–H and O–H groups in total. The van der Waals surface area contributed by atoms with Crippen molar-refractivity contribution in [1.29, 1.82) is 0 Å². The molecule has 152 valence electrons. The van der Waals surface area contributed by atoms with Gasteiger partial charge in [-0.3, -0.25) is 10.1 Å². The Labute approximate surface area is 176 Å². The summed E-state index contributed by atoms with van der Waals surface area (Å²) < 4.78 is 1.46. The van der Waals surface area contributed by atoms with Gasteiger partial charge in [0.25, 0.3) is 5.69 Å². The number of para-hydroxylation sites is 1. The Morgan fingerprint density at radius 3 is 2.70 bits per heavy atom. The standard InChI is InChI=1S/C21H19N5O3S/c1-13-22-21-25(23-13)20(27)19(30-21)18(15-8-10-16(11-9-15)26(28)29)24-12-4-6-14-5-2-3-7-17(14)24/h2-3,5,7-11,18,27H,4,6,12H2,1H3. The molecule has 0 aliphatic carbocycles. The van der Waals surface area contributed by atoms with E-state index in [4.69, 9.17) is 0 Å². The molecule has 1 aliphatic heterocycles. The van der Waals surface area contributed by atoms with E-state index in [0.717, 1.165) is 35.5 Å². The van der Waals surface area contributed by atoms with E-state index in [1.54, 1.807) is 19.1 Å². The molecule has 30 heavy (non-hydrogen) atoms. The largest absolute Gasteiger partial charge is 0.492 e. The van der Waals surface area contributed by atoms with Crippen molar-refractivity contribution in [2.45, 2.75) is 25.8 Å². The van der Waals surface area contributed by atoms with Crippen LogP contribution >= 0.6 is 11.3 Å². The number of nitro benzene ring substituents is 1. The van der Waals surface area contributed by atoms with E-state index in [0.29, 0.717) is 10.8 Å². The number of rotatable bonds is 4. The van der Waals surface area contributed by atoms with Crippen molar-refractivity contribution < 1.29 is 10.0 Å². The third-order valence-electron chi connectivity index (χ3n) is 5.43. The first-order valence-electron chi connectivity index (χ1n) is 9.67. The van der Waals surface area contributed by atoms with Crippen LogP contribution in [-0.4, -0.2) is 31.2 Å². The SMILES string of the molecule is Cc1nc2sc(C(c3ccc([N+](=O)[O-])cc3)N3CCCc4ccccc43)c(O)n2n1. The highest BCUT2D eigenvalue weighted by Gasteiger charge is 2.32. The summed E-state index contributed by atoms with van der Waals surface area (Å²) in [6.07, 6.45) is 1.99. The molecular formula is C21H19N5O3S. The summed E-state index contributed by atoms with van der Waals surface area (Å²) in [4.78, 5) is 18.7. The summed E-state index contributed by atoms with van der Waals surface area (Å²) >= 11 is 1.39. The van der Waals surface area contributed by atoms with Crippen molar-refractivity contribution in [3.63, 3.8) is 0 Å². The van der Waals surface area contributed by atoms with E-state index in [9.17, 15) is 15.2 Å². The Morgan fingerprint density at radius 2 is 1.97 bits per heavy atom. The Kier molecular flexibility index (Phi) is 4.39. The maximum absolute atomic E-state index is 11.1. The summed E-state index contributed by atoms with van der Waals surface area (Å²) in [6, 6.07) is 14.5. The van der Waals surface area contributed by atoms with Crippen molar-refractivity contribution in [2.75, 3.05) is 11.4 Å². The van der Waals surface area contributed by atoms with Gasteiger partial charge in [0.15, 0.2) is 0 Å². The van der Waals surface area contributed by atoms with Gasteiger partial charge in [-0.15, -0.1) is 5.10 Å². The number of hydrogen-bond acceptors (Lipinski definition) is 7. The van der Waals surface area contributed by atoms with E-state index in [1.807, 2.05) is 12.1 Å².